The lowest BCUT2D eigenvalue weighted by atomic mass is 10.1. The van der Waals surface area contributed by atoms with Crippen LogP contribution in [0.5, 0.6) is 0 Å². The number of nitrogens with zero attached hydrogens (tertiary/aromatic N) is 2. The molecule has 23 heavy (non-hydrogen) atoms. The van der Waals surface area contributed by atoms with Crippen molar-refractivity contribution in [2.24, 2.45) is 0 Å². The van der Waals surface area contributed by atoms with Crippen LogP contribution in [0.15, 0.2) is 35.7 Å². The van der Waals surface area contributed by atoms with Crippen LogP contribution < -0.4 is 5.32 Å². The van der Waals surface area contributed by atoms with Crippen molar-refractivity contribution in [1.82, 2.24) is 15.2 Å². The van der Waals surface area contributed by atoms with E-state index in [9.17, 15) is 9.59 Å². The van der Waals surface area contributed by atoms with E-state index in [2.05, 4.69) is 17.2 Å². The third-order valence-corrected chi connectivity index (χ3v) is 4.41. The van der Waals surface area contributed by atoms with Crippen LogP contribution in [0.1, 0.15) is 23.2 Å². The van der Waals surface area contributed by atoms with Crippen LogP contribution in [-0.2, 0) is 29.0 Å². The summed E-state index contributed by atoms with van der Waals surface area (Å²) in [5.74, 6) is -0.280. The van der Waals surface area contributed by atoms with Gasteiger partial charge in [-0.1, -0.05) is 37.3 Å². The van der Waals surface area contributed by atoms with E-state index in [0.717, 1.165) is 22.7 Å². The lowest BCUT2D eigenvalue weighted by Crippen LogP contribution is -2.38. The fraction of sp³-hybridized carbons (Fsp3) is 0.353. The molecule has 2 amide bonds. The first-order valence-corrected chi connectivity index (χ1v) is 8.44. The van der Waals surface area contributed by atoms with Crippen LogP contribution in [0, 0.1) is 0 Å². The minimum Gasteiger partial charge on any atom is -0.347 e. The monoisotopic (exact) mass is 331 g/mol. The lowest BCUT2D eigenvalue weighted by Gasteiger charge is -2.16. The van der Waals surface area contributed by atoms with Crippen molar-refractivity contribution >= 4 is 23.2 Å². The summed E-state index contributed by atoms with van der Waals surface area (Å²) < 4.78 is 0. The summed E-state index contributed by atoms with van der Waals surface area (Å²) in [6.07, 6.45) is 1.18. The fourth-order valence-corrected chi connectivity index (χ4v) is 2.80. The van der Waals surface area contributed by atoms with Gasteiger partial charge in [-0.05, 0) is 12.0 Å². The Bertz CT molecular complexity index is 655. The molecule has 0 aliphatic rings. The molecule has 6 heteroatoms. The third kappa shape index (κ3) is 5.49. The molecule has 0 fully saturated rings. The molecular formula is C17H21N3O2S. The summed E-state index contributed by atoms with van der Waals surface area (Å²) in [6, 6.07) is 9.46. The van der Waals surface area contributed by atoms with E-state index < -0.39 is 0 Å². The van der Waals surface area contributed by atoms with Crippen LogP contribution >= 0.6 is 11.3 Å². The molecule has 0 aliphatic carbocycles. The van der Waals surface area contributed by atoms with Crippen LogP contribution in [-0.4, -0.2) is 35.3 Å². The quantitative estimate of drug-likeness (QED) is 0.844. The van der Waals surface area contributed by atoms with E-state index in [0.29, 0.717) is 6.54 Å². The van der Waals surface area contributed by atoms with Gasteiger partial charge in [0.25, 0.3) is 0 Å². The molecule has 0 bridgehead atoms. The maximum Gasteiger partial charge on any atom is 0.242 e. The van der Waals surface area contributed by atoms with Gasteiger partial charge in [-0.2, -0.15) is 0 Å². The van der Waals surface area contributed by atoms with Gasteiger partial charge in [0.05, 0.1) is 30.2 Å². The number of nitrogens with one attached hydrogen (secondary N) is 1. The first-order valence-electron chi connectivity index (χ1n) is 7.56. The molecule has 0 spiro atoms. The molecule has 1 heterocycles. The molecule has 2 aromatic rings. The molecule has 5 nitrogen and oxygen atoms in total. The number of rotatable bonds is 7. The van der Waals surface area contributed by atoms with Crippen LogP contribution in [0.4, 0.5) is 0 Å². The summed E-state index contributed by atoms with van der Waals surface area (Å²) in [7, 11) is 1.72. The summed E-state index contributed by atoms with van der Waals surface area (Å²) in [4.78, 5) is 29.9. The highest BCUT2D eigenvalue weighted by Gasteiger charge is 2.12. The van der Waals surface area contributed by atoms with Gasteiger partial charge in [-0.25, -0.2) is 4.98 Å². The number of benzene rings is 1. The van der Waals surface area contributed by atoms with Crippen molar-refractivity contribution in [3.63, 3.8) is 0 Å². The van der Waals surface area contributed by atoms with Crippen LogP contribution in [0.3, 0.4) is 0 Å². The highest BCUT2D eigenvalue weighted by Crippen LogP contribution is 2.11. The molecule has 1 N–H and O–H groups in total. The van der Waals surface area contributed by atoms with Gasteiger partial charge in [-0.15, -0.1) is 11.3 Å². The smallest absolute Gasteiger partial charge is 0.242 e. The minimum absolute atomic E-state index is 0.00688. The predicted octanol–water partition coefficient (Wildman–Crippen LogP) is 2.02. The number of hydrogen-bond acceptors (Lipinski definition) is 4. The third-order valence-electron chi connectivity index (χ3n) is 3.37. The van der Waals surface area contributed by atoms with Gasteiger partial charge in [0, 0.05) is 12.4 Å². The molecule has 0 saturated carbocycles. The summed E-state index contributed by atoms with van der Waals surface area (Å²) in [6.45, 7) is 2.52. The van der Waals surface area contributed by atoms with Gasteiger partial charge < -0.3 is 10.2 Å². The number of hydrogen-bond donors (Lipinski definition) is 1. The standard InChI is InChI=1S/C17H21N3O2S/c1-3-16-19-14(12-23-16)11-20(2)17(22)10-18-15(21)9-13-7-5-4-6-8-13/h4-8,12H,3,9-11H2,1-2H3,(H,18,21). The zero-order valence-electron chi connectivity index (χ0n) is 13.4. The zero-order valence-corrected chi connectivity index (χ0v) is 14.2. The van der Waals surface area contributed by atoms with Crippen molar-refractivity contribution in [3.05, 3.63) is 52.0 Å². The van der Waals surface area contributed by atoms with E-state index in [-0.39, 0.29) is 24.8 Å². The fourth-order valence-electron chi connectivity index (χ4n) is 2.07. The number of likely N-dealkylation sites (N-methyl/N-ethyl adjacent to an activating group) is 1. The van der Waals surface area contributed by atoms with Crippen molar-refractivity contribution in [2.45, 2.75) is 26.3 Å². The topological polar surface area (TPSA) is 62.3 Å². The lowest BCUT2D eigenvalue weighted by molar-refractivity contribution is -0.132. The largest absolute Gasteiger partial charge is 0.347 e. The Balaban J connectivity index is 1.76. The first-order chi connectivity index (χ1) is 11.1. The van der Waals surface area contributed by atoms with E-state index >= 15 is 0 Å². The highest BCUT2D eigenvalue weighted by atomic mass is 32.1. The SMILES string of the molecule is CCc1nc(CN(C)C(=O)CNC(=O)Cc2ccccc2)cs1. The Morgan fingerprint density at radius 3 is 2.65 bits per heavy atom. The second kappa shape index (κ2) is 8.43. The maximum atomic E-state index is 12.1. The molecule has 0 atom stereocenters. The number of carbonyl (C=O) groups is 2. The normalized spacial score (nSPS) is 10.3. The molecule has 1 aromatic heterocycles. The molecule has 0 aliphatic heterocycles. The van der Waals surface area contributed by atoms with Crippen LogP contribution in [0.25, 0.3) is 0 Å². The average molecular weight is 331 g/mol. The zero-order chi connectivity index (χ0) is 16.7. The number of aryl methyl sites for hydroxylation is 1. The van der Waals surface area contributed by atoms with Crippen molar-refractivity contribution < 1.29 is 9.59 Å². The van der Waals surface area contributed by atoms with Crippen molar-refractivity contribution in [2.75, 3.05) is 13.6 Å². The number of thiazole rings is 1. The summed E-state index contributed by atoms with van der Waals surface area (Å²) >= 11 is 1.60. The first kappa shape index (κ1) is 17.1. The minimum atomic E-state index is -0.153. The number of carbonyl (C=O) groups excluding carboxylic acids is 2. The Labute approximate surface area is 140 Å². The van der Waals surface area contributed by atoms with E-state index in [1.807, 2.05) is 35.7 Å². The van der Waals surface area contributed by atoms with Gasteiger partial charge in [-0.3, -0.25) is 9.59 Å². The Morgan fingerprint density at radius 1 is 1.26 bits per heavy atom. The van der Waals surface area contributed by atoms with Crippen LogP contribution in [0.2, 0.25) is 0 Å². The number of aromatic nitrogens is 1. The summed E-state index contributed by atoms with van der Waals surface area (Å²) in [5.41, 5.74) is 1.82. The van der Waals surface area contributed by atoms with Gasteiger partial charge >= 0.3 is 0 Å². The maximum absolute atomic E-state index is 12.1. The molecule has 0 saturated heterocycles. The highest BCUT2D eigenvalue weighted by molar-refractivity contribution is 7.09. The van der Waals surface area contributed by atoms with Crippen molar-refractivity contribution in [1.29, 1.82) is 0 Å². The molecule has 2 rings (SSSR count). The van der Waals surface area contributed by atoms with E-state index in [1.54, 1.807) is 23.3 Å². The second-order valence-electron chi connectivity index (χ2n) is 5.28. The molecule has 1 aromatic carbocycles. The molecule has 122 valence electrons. The van der Waals surface area contributed by atoms with E-state index in [1.165, 1.54) is 0 Å². The summed E-state index contributed by atoms with van der Waals surface area (Å²) in [5, 5.41) is 5.70. The van der Waals surface area contributed by atoms with Gasteiger partial charge in [0.2, 0.25) is 11.8 Å². The molecule has 0 radical (unpaired) electrons. The average Bonchev–Trinajstić information content (AvgIpc) is 3.01. The second-order valence-corrected chi connectivity index (χ2v) is 6.22. The molecule has 0 unspecified atom stereocenters. The van der Waals surface area contributed by atoms with Gasteiger partial charge in [0.15, 0.2) is 0 Å². The van der Waals surface area contributed by atoms with E-state index in [4.69, 9.17) is 0 Å². The number of amides is 2. The van der Waals surface area contributed by atoms with Gasteiger partial charge in [0.1, 0.15) is 0 Å². The Kier molecular flexibility index (Phi) is 6.29. The Morgan fingerprint density at radius 2 is 2.00 bits per heavy atom. The molecular weight excluding hydrogens is 310 g/mol. The predicted molar refractivity (Wildman–Crippen MR) is 91.1 cm³/mol. The van der Waals surface area contributed by atoms with Crippen molar-refractivity contribution in [3.8, 4) is 0 Å². The Hall–Kier alpha value is -2.21.